The Bertz CT molecular complexity index is 405. The standard InChI is InChI=1S/C9H13N3O4/c1-9(4-13,5-14)12-8(16)6-2-11-7(15)3-10-6/h2-3,13-14H,4-5H2,1H3,(H,11,15)(H,12,16). The zero-order valence-corrected chi connectivity index (χ0v) is 8.73. The summed E-state index contributed by atoms with van der Waals surface area (Å²) >= 11 is 0. The van der Waals surface area contributed by atoms with Gasteiger partial charge >= 0.3 is 0 Å². The number of nitrogens with one attached hydrogen (secondary N) is 2. The first-order valence-corrected chi connectivity index (χ1v) is 4.60. The van der Waals surface area contributed by atoms with Gasteiger partial charge in [-0.05, 0) is 6.92 Å². The van der Waals surface area contributed by atoms with E-state index in [1.165, 1.54) is 6.92 Å². The van der Waals surface area contributed by atoms with Crippen molar-refractivity contribution in [2.24, 2.45) is 0 Å². The van der Waals surface area contributed by atoms with Crippen LogP contribution in [0.2, 0.25) is 0 Å². The molecule has 0 aliphatic heterocycles. The van der Waals surface area contributed by atoms with Crippen molar-refractivity contribution in [3.63, 3.8) is 0 Å². The molecule has 1 aromatic rings. The largest absolute Gasteiger partial charge is 0.394 e. The number of H-pyrrole nitrogens is 1. The molecular weight excluding hydrogens is 214 g/mol. The van der Waals surface area contributed by atoms with Crippen LogP contribution in [0.1, 0.15) is 17.4 Å². The molecule has 1 aromatic heterocycles. The van der Waals surface area contributed by atoms with Gasteiger partial charge in [-0.2, -0.15) is 0 Å². The lowest BCUT2D eigenvalue weighted by molar-refractivity contribution is 0.0719. The molecule has 7 nitrogen and oxygen atoms in total. The molecule has 1 rings (SSSR count). The normalized spacial score (nSPS) is 11.2. The monoisotopic (exact) mass is 227 g/mol. The number of aliphatic hydroxyl groups is 2. The Labute approximate surface area is 91.2 Å². The first-order chi connectivity index (χ1) is 7.50. The second-order valence-electron chi connectivity index (χ2n) is 3.63. The second-order valence-corrected chi connectivity index (χ2v) is 3.63. The molecule has 0 atom stereocenters. The van der Waals surface area contributed by atoms with E-state index in [0.29, 0.717) is 0 Å². The van der Waals surface area contributed by atoms with Gasteiger partial charge in [0.25, 0.3) is 11.5 Å². The average Bonchev–Trinajstić information content (AvgIpc) is 2.29. The van der Waals surface area contributed by atoms with Gasteiger partial charge in [0.2, 0.25) is 0 Å². The third-order valence-corrected chi connectivity index (χ3v) is 2.02. The predicted octanol–water partition coefficient (Wildman–Crippen LogP) is -1.76. The third kappa shape index (κ3) is 2.88. The van der Waals surface area contributed by atoms with Crippen LogP contribution in [-0.4, -0.2) is 44.8 Å². The molecule has 1 amide bonds. The molecule has 0 aliphatic rings. The number of nitrogens with zero attached hydrogens (tertiary/aromatic N) is 1. The molecular formula is C9H13N3O4. The van der Waals surface area contributed by atoms with E-state index in [1.54, 1.807) is 0 Å². The molecule has 1 heterocycles. The Morgan fingerprint density at radius 1 is 1.56 bits per heavy atom. The summed E-state index contributed by atoms with van der Waals surface area (Å²) in [5, 5.41) is 20.3. The minimum atomic E-state index is -1.12. The summed E-state index contributed by atoms with van der Waals surface area (Å²) in [5.41, 5.74) is -1.52. The smallest absolute Gasteiger partial charge is 0.271 e. The van der Waals surface area contributed by atoms with E-state index < -0.39 is 30.2 Å². The van der Waals surface area contributed by atoms with Gasteiger partial charge in [0.15, 0.2) is 0 Å². The van der Waals surface area contributed by atoms with Crippen LogP contribution in [-0.2, 0) is 0 Å². The third-order valence-electron chi connectivity index (χ3n) is 2.02. The number of carbonyl (C=O) groups excluding carboxylic acids is 1. The molecule has 0 aliphatic carbocycles. The van der Waals surface area contributed by atoms with Crippen LogP contribution in [0.3, 0.4) is 0 Å². The van der Waals surface area contributed by atoms with Gasteiger partial charge < -0.3 is 20.5 Å². The van der Waals surface area contributed by atoms with Crippen LogP contribution in [0.4, 0.5) is 0 Å². The van der Waals surface area contributed by atoms with Gasteiger partial charge in [-0.1, -0.05) is 0 Å². The highest BCUT2D eigenvalue weighted by molar-refractivity contribution is 5.92. The number of hydrogen-bond donors (Lipinski definition) is 4. The Hall–Kier alpha value is -1.73. The van der Waals surface area contributed by atoms with Crippen LogP contribution in [0.25, 0.3) is 0 Å². The van der Waals surface area contributed by atoms with Crippen LogP contribution in [0.5, 0.6) is 0 Å². The van der Waals surface area contributed by atoms with Gasteiger partial charge in [-0.15, -0.1) is 0 Å². The number of rotatable bonds is 4. The van der Waals surface area contributed by atoms with Gasteiger partial charge in [0.1, 0.15) is 5.69 Å². The van der Waals surface area contributed by atoms with Crippen molar-refractivity contribution in [1.29, 1.82) is 0 Å². The molecule has 0 saturated heterocycles. The molecule has 0 bridgehead atoms. The maximum atomic E-state index is 11.6. The maximum Gasteiger partial charge on any atom is 0.271 e. The van der Waals surface area contributed by atoms with E-state index in [2.05, 4.69) is 15.3 Å². The number of aromatic amines is 1. The molecule has 0 aromatic carbocycles. The predicted molar refractivity (Wildman–Crippen MR) is 54.9 cm³/mol. The first-order valence-electron chi connectivity index (χ1n) is 4.60. The lowest BCUT2D eigenvalue weighted by Crippen LogP contribution is -2.52. The van der Waals surface area contributed by atoms with Crippen molar-refractivity contribution < 1.29 is 15.0 Å². The Balaban J connectivity index is 2.80. The average molecular weight is 227 g/mol. The molecule has 0 saturated carbocycles. The van der Waals surface area contributed by atoms with Crippen molar-refractivity contribution in [1.82, 2.24) is 15.3 Å². The molecule has 7 heteroatoms. The summed E-state index contributed by atoms with van der Waals surface area (Å²) in [6, 6.07) is 0. The number of aromatic nitrogens is 2. The summed E-state index contributed by atoms with van der Waals surface area (Å²) < 4.78 is 0. The number of aliphatic hydroxyl groups excluding tert-OH is 2. The molecule has 0 unspecified atom stereocenters. The van der Waals surface area contributed by atoms with Crippen molar-refractivity contribution in [3.05, 3.63) is 28.4 Å². The Morgan fingerprint density at radius 3 is 2.62 bits per heavy atom. The fourth-order valence-electron chi connectivity index (χ4n) is 0.934. The maximum absolute atomic E-state index is 11.6. The van der Waals surface area contributed by atoms with Crippen molar-refractivity contribution in [3.8, 4) is 0 Å². The SMILES string of the molecule is CC(CO)(CO)NC(=O)c1c[nH]c(=O)cn1. The first kappa shape index (κ1) is 12.3. The molecule has 16 heavy (non-hydrogen) atoms. The van der Waals surface area contributed by atoms with E-state index in [4.69, 9.17) is 10.2 Å². The Morgan fingerprint density at radius 2 is 2.19 bits per heavy atom. The lowest BCUT2D eigenvalue weighted by Gasteiger charge is -2.25. The molecule has 0 fully saturated rings. The van der Waals surface area contributed by atoms with Crippen LogP contribution in [0, 0.1) is 0 Å². The fraction of sp³-hybridized carbons (Fsp3) is 0.444. The van der Waals surface area contributed by atoms with E-state index in [-0.39, 0.29) is 5.69 Å². The number of hydrogen-bond acceptors (Lipinski definition) is 5. The summed E-state index contributed by atoms with van der Waals surface area (Å²) in [7, 11) is 0. The number of amides is 1. The van der Waals surface area contributed by atoms with Crippen molar-refractivity contribution in [2.45, 2.75) is 12.5 Å². The lowest BCUT2D eigenvalue weighted by atomic mass is 10.1. The van der Waals surface area contributed by atoms with E-state index in [9.17, 15) is 9.59 Å². The van der Waals surface area contributed by atoms with Crippen LogP contribution in [0.15, 0.2) is 17.2 Å². The zero-order chi connectivity index (χ0) is 12.2. The topological polar surface area (TPSA) is 115 Å². The van der Waals surface area contributed by atoms with Crippen LogP contribution >= 0.6 is 0 Å². The molecule has 0 spiro atoms. The fourth-order valence-corrected chi connectivity index (χ4v) is 0.934. The minimum Gasteiger partial charge on any atom is -0.394 e. The summed E-state index contributed by atoms with van der Waals surface area (Å²) in [6.07, 6.45) is 2.14. The quantitative estimate of drug-likeness (QED) is 0.486. The minimum absolute atomic E-state index is 0.00715. The summed E-state index contributed by atoms with van der Waals surface area (Å²) in [5.74, 6) is -0.582. The molecule has 88 valence electrons. The van der Waals surface area contributed by atoms with Gasteiger partial charge in [-0.25, -0.2) is 4.98 Å². The van der Waals surface area contributed by atoms with Gasteiger partial charge in [0.05, 0.1) is 24.9 Å². The Kier molecular flexibility index (Phi) is 3.75. The highest BCUT2D eigenvalue weighted by Crippen LogP contribution is 2.02. The summed E-state index contributed by atoms with van der Waals surface area (Å²) in [6.45, 7) is 0.674. The van der Waals surface area contributed by atoms with Gasteiger partial charge in [0, 0.05) is 6.20 Å². The van der Waals surface area contributed by atoms with Gasteiger partial charge in [-0.3, -0.25) is 9.59 Å². The van der Waals surface area contributed by atoms with E-state index in [1.807, 2.05) is 0 Å². The molecule has 0 radical (unpaired) electrons. The number of carbonyl (C=O) groups is 1. The van der Waals surface area contributed by atoms with Crippen LogP contribution < -0.4 is 10.9 Å². The summed E-state index contributed by atoms with van der Waals surface area (Å²) in [4.78, 5) is 28.2. The zero-order valence-electron chi connectivity index (χ0n) is 8.73. The molecule has 4 N–H and O–H groups in total. The second kappa shape index (κ2) is 4.86. The highest BCUT2D eigenvalue weighted by Gasteiger charge is 2.25. The highest BCUT2D eigenvalue weighted by atomic mass is 16.3. The van der Waals surface area contributed by atoms with Crippen molar-refractivity contribution in [2.75, 3.05) is 13.2 Å². The van der Waals surface area contributed by atoms with Crippen molar-refractivity contribution >= 4 is 5.91 Å². The van der Waals surface area contributed by atoms with E-state index in [0.717, 1.165) is 12.4 Å². The van der Waals surface area contributed by atoms with E-state index >= 15 is 0 Å².